The van der Waals surface area contributed by atoms with Gasteiger partial charge >= 0.3 is 5.97 Å². The highest BCUT2D eigenvalue weighted by molar-refractivity contribution is 5.86. The van der Waals surface area contributed by atoms with Crippen molar-refractivity contribution in [2.24, 2.45) is 0 Å². The molecule has 3 rings (SSSR count). The zero-order chi connectivity index (χ0) is 14.1. The third-order valence-corrected chi connectivity index (χ3v) is 3.35. The Balaban J connectivity index is 2.01. The van der Waals surface area contributed by atoms with Crippen LogP contribution in [0.5, 0.6) is 0 Å². The van der Waals surface area contributed by atoms with E-state index in [4.69, 9.17) is 14.3 Å². The van der Waals surface area contributed by atoms with Crippen LogP contribution in [0.2, 0.25) is 0 Å². The van der Waals surface area contributed by atoms with Gasteiger partial charge in [0.1, 0.15) is 0 Å². The molecule has 1 aliphatic heterocycles. The van der Waals surface area contributed by atoms with E-state index in [0.717, 1.165) is 23.1 Å². The number of rotatable bonds is 4. The molecule has 0 amide bonds. The topological polar surface area (TPSA) is 72.6 Å². The first-order chi connectivity index (χ1) is 9.69. The largest absolute Gasteiger partial charge is 0.475 e. The highest BCUT2D eigenvalue weighted by Gasteiger charge is 2.21. The van der Waals surface area contributed by atoms with E-state index in [9.17, 15) is 4.79 Å². The number of carboxylic acids is 1. The fourth-order valence-corrected chi connectivity index (χ4v) is 2.35. The minimum absolute atomic E-state index is 0.0569. The van der Waals surface area contributed by atoms with Crippen molar-refractivity contribution in [3.05, 3.63) is 40.8 Å². The minimum Gasteiger partial charge on any atom is -0.475 e. The summed E-state index contributed by atoms with van der Waals surface area (Å²) in [6, 6.07) is 5.82. The van der Waals surface area contributed by atoms with Crippen molar-refractivity contribution in [3.63, 3.8) is 0 Å². The first-order valence-electron chi connectivity index (χ1n) is 6.62. The number of aryl methyl sites for hydroxylation is 1. The molecule has 0 aliphatic carbocycles. The van der Waals surface area contributed by atoms with Gasteiger partial charge in [-0.25, -0.2) is 9.78 Å². The zero-order valence-corrected chi connectivity index (χ0v) is 11.2. The summed E-state index contributed by atoms with van der Waals surface area (Å²) < 4.78 is 10.8. The smallest absolute Gasteiger partial charge is 0.373 e. The third-order valence-electron chi connectivity index (χ3n) is 3.35. The molecule has 20 heavy (non-hydrogen) atoms. The second kappa shape index (κ2) is 5.09. The van der Waals surface area contributed by atoms with Crippen LogP contribution < -0.4 is 0 Å². The number of carboxylic acid groups (broad SMARTS) is 1. The van der Waals surface area contributed by atoms with Crippen LogP contribution >= 0.6 is 0 Å². The minimum atomic E-state index is -1.07. The fraction of sp³-hybridized carbons (Fsp3) is 0.333. The molecule has 1 aliphatic rings. The lowest BCUT2D eigenvalue weighted by Gasteiger charge is -1.99. The number of oxazole rings is 1. The Kier molecular flexibility index (Phi) is 3.28. The van der Waals surface area contributed by atoms with Gasteiger partial charge in [-0.05, 0) is 29.7 Å². The average Bonchev–Trinajstić information content (AvgIpc) is 3.04. The van der Waals surface area contributed by atoms with Crippen LogP contribution in [-0.4, -0.2) is 16.1 Å². The summed E-state index contributed by atoms with van der Waals surface area (Å²) in [5.74, 6) is -0.768. The van der Waals surface area contributed by atoms with E-state index in [-0.39, 0.29) is 5.76 Å². The predicted octanol–water partition coefficient (Wildman–Crippen LogP) is 3.02. The van der Waals surface area contributed by atoms with Crippen LogP contribution in [-0.2, 0) is 24.4 Å². The normalized spacial score (nSPS) is 13.4. The molecule has 1 aromatic heterocycles. The van der Waals surface area contributed by atoms with Crippen LogP contribution in [0.25, 0.3) is 11.5 Å². The van der Waals surface area contributed by atoms with Gasteiger partial charge in [0.2, 0.25) is 11.7 Å². The van der Waals surface area contributed by atoms with E-state index in [2.05, 4.69) is 4.98 Å². The van der Waals surface area contributed by atoms with Gasteiger partial charge in [-0.15, -0.1) is 0 Å². The molecule has 0 saturated carbocycles. The van der Waals surface area contributed by atoms with Gasteiger partial charge in [0.25, 0.3) is 0 Å². The van der Waals surface area contributed by atoms with Gasteiger partial charge < -0.3 is 14.3 Å². The molecule has 1 N–H and O–H groups in total. The quantitative estimate of drug-likeness (QED) is 0.927. The number of aromatic carboxylic acids is 1. The monoisotopic (exact) mass is 273 g/mol. The lowest BCUT2D eigenvalue weighted by molar-refractivity contribution is 0.0661. The Bertz CT molecular complexity index is 660. The van der Waals surface area contributed by atoms with E-state index >= 15 is 0 Å². The van der Waals surface area contributed by atoms with E-state index in [1.54, 1.807) is 0 Å². The molecule has 2 aromatic rings. The van der Waals surface area contributed by atoms with Crippen LogP contribution in [0.1, 0.15) is 40.7 Å². The fourth-order valence-electron chi connectivity index (χ4n) is 2.35. The molecular formula is C15H15NO4. The van der Waals surface area contributed by atoms with Crippen molar-refractivity contribution >= 4 is 5.97 Å². The lowest BCUT2D eigenvalue weighted by atomic mass is 10.1. The maximum Gasteiger partial charge on any atom is 0.373 e. The molecule has 0 atom stereocenters. The van der Waals surface area contributed by atoms with Crippen LogP contribution in [0, 0.1) is 0 Å². The summed E-state index contributed by atoms with van der Waals surface area (Å²) in [5, 5.41) is 9.15. The Hall–Kier alpha value is -2.14. The van der Waals surface area contributed by atoms with Crippen LogP contribution in [0.15, 0.2) is 22.6 Å². The maximum absolute atomic E-state index is 11.2. The third kappa shape index (κ3) is 2.20. The summed E-state index contributed by atoms with van der Waals surface area (Å²) in [7, 11) is 0. The SMILES string of the molecule is CCCc1nc(-c2ccc3c(c2)COC3)oc1C(=O)O. The van der Waals surface area contributed by atoms with Crippen LogP contribution in [0.4, 0.5) is 0 Å². The van der Waals surface area contributed by atoms with E-state index < -0.39 is 5.97 Å². The molecule has 0 fully saturated rings. The Morgan fingerprint density at radius 1 is 1.35 bits per heavy atom. The number of fused-ring (bicyclic) bond motifs is 1. The molecule has 5 nitrogen and oxygen atoms in total. The van der Waals surface area contributed by atoms with Gasteiger partial charge in [0.05, 0.1) is 18.9 Å². The van der Waals surface area contributed by atoms with Crippen molar-refractivity contribution in [2.75, 3.05) is 0 Å². The molecule has 2 heterocycles. The van der Waals surface area contributed by atoms with Crippen molar-refractivity contribution < 1.29 is 19.1 Å². The van der Waals surface area contributed by atoms with Crippen molar-refractivity contribution in [1.82, 2.24) is 4.98 Å². The zero-order valence-electron chi connectivity index (χ0n) is 11.2. The van der Waals surface area contributed by atoms with Crippen molar-refractivity contribution in [2.45, 2.75) is 33.0 Å². The number of aromatic nitrogens is 1. The highest BCUT2D eigenvalue weighted by atomic mass is 16.5. The van der Waals surface area contributed by atoms with Gasteiger partial charge in [0.15, 0.2) is 0 Å². The molecule has 1 aromatic carbocycles. The van der Waals surface area contributed by atoms with Gasteiger partial charge in [-0.1, -0.05) is 19.4 Å². The Labute approximate surface area is 116 Å². The van der Waals surface area contributed by atoms with Crippen molar-refractivity contribution in [1.29, 1.82) is 0 Å². The predicted molar refractivity (Wildman–Crippen MR) is 71.4 cm³/mol. The number of ether oxygens (including phenoxy) is 1. The van der Waals surface area contributed by atoms with Crippen LogP contribution in [0.3, 0.4) is 0 Å². The summed E-state index contributed by atoms with van der Waals surface area (Å²) in [4.78, 5) is 15.5. The van der Waals surface area contributed by atoms with E-state index in [1.807, 2.05) is 25.1 Å². The highest BCUT2D eigenvalue weighted by Crippen LogP contribution is 2.28. The second-order valence-electron chi connectivity index (χ2n) is 4.83. The number of nitrogens with zero attached hydrogens (tertiary/aromatic N) is 1. The summed E-state index contributed by atoms with van der Waals surface area (Å²) in [6.07, 6.45) is 1.42. The van der Waals surface area contributed by atoms with Gasteiger partial charge in [0, 0.05) is 5.56 Å². The molecule has 5 heteroatoms. The summed E-state index contributed by atoms with van der Waals surface area (Å²) in [5.41, 5.74) is 3.56. The van der Waals surface area contributed by atoms with E-state index in [0.29, 0.717) is 31.2 Å². The summed E-state index contributed by atoms with van der Waals surface area (Å²) in [6.45, 7) is 3.19. The molecule has 0 bridgehead atoms. The van der Waals surface area contributed by atoms with Gasteiger partial charge in [-0.2, -0.15) is 0 Å². The summed E-state index contributed by atoms with van der Waals surface area (Å²) >= 11 is 0. The lowest BCUT2D eigenvalue weighted by Crippen LogP contribution is -1.99. The average molecular weight is 273 g/mol. The number of benzene rings is 1. The number of carbonyl (C=O) groups is 1. The molecule has 104 valence electrons. The first-order valence-corrected chi connectivity index (χ1v) is 6.62. The second-order valence-corrected chi connectivity index (χ2v) is 4.83. The standard InChI is InChI=1S/C15H15NO4/c1-2-3-12-13(15(17)18)20-14(16-12)9-4-5-10-7-19-8-11(10)6-9/h4-6H,2-3,7-8H2,1H3,(H,17,18). The molecule has 0 spiro atoms. The maximum atomic E-state index is 11.2. The first kappa shape index (κ1) is 12.9. The molecular weight excluding hydrogens is 258 g/mol. The molecule has 0 unspecified atom stereocenters. The van der Waals surface area contributed by atoms with E-state index in [1.165, 1.54) is 0 Å². The molecule has 0 saturated heterocycles. The Morgan fingerprint density at radius 3 is 2.90 bits per heavy atom. The Morgan fingerprint density at radius 2 is 2.15 bits per heavy atom. The molecule has 0 radical (unpaired) electrons. The number of hydrogen-bond donors (Lipinski definition) is 1. The number of hydrogen-bond acceptors (Lipinski definition) is 4. The van der Waals surface area contributed by atoms with Crippen molar-refractivity contribution in [3.8, 4) is 11.5 Å². The van der Waals surface area contributed by atoms with Gasteiger partial charge in [-0.3, -0.25) is 0 Å².